The number of aryl methyl sites for hydroxylation is 2. The standard InChI is InChI=1S/C15H20BrClN2O/c1-4-5-6-7-12(17)10-8-13-14(9-11(10)16)19(3)15(20)18(13)2/h8-9,12H,4-7H2,1-3H3. The van der Waals surface area contributed by atoms with Gasteiger partial charge in [0.2, 0.25) is 0 Å². The van der Waals surface area contributed by atoms with Gasteiger partial charge in [-0.3, -0.25) is 9.13 Å². The third-order valence-electron chi connectivity index (χ3n) is 3.79. The Kier molecular flexibility index (Phi) is 4.97. The molecule has 0 spiro atoms. The fourth-order valence-corrected chi connectivity index (χ4v) is 3.58. The minimum Gasteiger partial charge on any atom is -0.295 e. The highest BCUT2D eigenvalue weighted by Crippen LogP contribution is 2.34. The quantitative estimate of drug-likeness (QED) is 0.570. The van der Waals surface area contributed by atoms with Gasteiger partial charge >= 0.3 is 5.69 Å². The van der Waals surface area contributed by atoms with Gasteiger partial charge in [0.1, 0.15) is 0 Å². The number of imidazole rings is 1. The van der Waals surface area contributed by atoms with E-state index in [0.717, 1.165) is 33.9 Å². The highest BCUT2D eigenvalue weighted by Gasteiger charge is 2.16. The molecule has 0 saturated carbocycles. The average molecular weight is 360 g/mol. The Hall–Kier alpha value is -0.740. The van der Waals surface area contributed by atoms with Crippen molar-refractivity contribution >= 4 is 38.6 Å². The van der Waals surface area contributed by atoms with Crippen LogP contribution in [0.1, 0.15) is 43.5 Å². The second kappa shape index (κ2) is 6.35. The third-order valence-corrected chi connectivity index (χ3v) is 4.93. The van der Waals surface area contributed by atoms with E-state index in [1.54, 1.807) is 23.2 Å². The number of rotatable bonds is 5. The number of benzene rings is 1. The van der Waals surface area contributed by atoms with Crippen LogP contribution < -0.4 is 5.69 Å². The maximum atomic E-state index is 12.0. The first kappa shape index (κ1) is 15.6. The predicted octanol–water partition coefficient (Wildman–Crippen LogP) is 4.50. The van der Waals surface area contributed by atoms with E-state index in [9.17, 15) is 4.79 Å². The van der Waals surface area contributed by atoms with Crippen molar-refractivity contribution in [3.63, 3.8) is 0 Å². The van der Waals surface area contributed by atoms with Gasteiger partial charge in [0, 0.05) is 18.6 Å². The number of hydrogen-bond acceptors (Lipinski definition) is 1. The van der Waals surface area contributed by atoms with Crippen LogP contribution in [0.5, 0.6) is 0 Å². The third kappa shape index (κ3) is 2.82. The number of fused-ring (bicyclic) bond motifs is 1. The number of hydrogen-bond donors (Lipinski definition) is 0. The average Bonchev–Trinajstić information content (AvgIpc) is 2.63. The topological polar surface area (TPSA) is 26.9 Å². The maximum absolute atomic E-state index is 12.0. The van der Waals surface area contributed by atoms with Crippen LogP contribution in [0.15, 0.2) is 21.4 Å². The van der Waals surface area contributed by atoms with Gasteiger partial charge in [0.05, 0.1) is 16.4 Å². The van der Waals surface area contributed by atoms with E-state index in [0.29, 0.717) is 0 Å². The first-order chi connectivity index (χ1) is 9.47. The Balaban J connectivity index is 2.42. The van der Waals surface area contributed by atoms with Crippen molar-refractivity contribution in [1.29, 1.82) is 0 Å². The van der Waals surface area contributed by atoms with Crippen LogP contribution in [0.2, 0.25) is 0 Å². The predicted molar refractivity (Wildman–Crippen MR) is 88.6 cm³/mol. The van der Waals surface area contributed by atoms with Crippen molar-refractivity contribution in [3.05, 3.63) is 32.7 Å². The van der Waals surface area contributed by atoms with Gasteiger partial charge < -0.3 is 0 Å². The summed E-state index contributed by atoms with van der Waals surface area (Å²) in [6.45, 7) is 2.19. The SMILES string of the molecule is CCCCCC(Cl)c1cc2c(cc1Br)n(C)c(=O)n2C. The lowest BCUT2D eigenvalue weighted by Crippen LogP contribution is -2.19. The molecule has 1 unspecified atom stereocenters. The van der Waals surface area contributed by atoms with E-state index in [1.165, 1.54) is 12.8 Å². The summed E-state index contributed by atoms with van der Waals surface area (Å²) in [4.78, 5) is 12.0. The van der Waals surface area contributed by atoms with Crippen molar-refractivity contribution in [2.45, 2.75) is 38.0 Å². The van der Waals surface area contributed by atoms with Gasteiger partial charge in [-0.15, -0.1) is 11.6 Å². The fourth-order valence-electron chi connectivity index (χ4n) is 2.50. The Labute approximate surface area is 132 Å². The van der Waals surface area contributed by atoms with Crippen LogP contribution in [0.4, 0.5) is 0 Å². The van der Waals surface area contributed by atoms with E-state index in [-0.39, 0.29) is 11.1 Å². The van der Waals surface area contributed by atoms with Crippen molar-refractivity contribution in [2.24, 2.45) is 14.1 Å². The van der Waals surface area contributed by atoms with Gasteiger partial charge in [-0.1, -0.05) is 42.1 Å². The second-order valence-corrected chi connectivity index (χ2v) is 6.61. The molecule has 2 aromatic rings. The zero-order chi connectivity index (χ0) is 14.9. The first-order valence-electron chi connectivity index (χ1n) is 6.96. The van der Waals surface area contributed by atoms with Crippen molar-refractivity contribution in [2.75, 3.05) is 0 Å². The summed E-state index contributed by atoms with van der Waals surface area (Å²) < 4.78 is 4.30. The summed E-state index contributed by atoms with van der Waals surface area (Å²) in [5.74, 6) is 0. The largest absolute Gasteiger partial charge is 0.328 e. The molecule has 1 heterocycles. The van der Waals surface area contributed by atoms with Crippen molar-refractivity contribution < 1.29 is 0 Å². The second-order valence-electron chi connectivity index (χ2n) is 5.23. The Morgan fingerprint density at radius 2 is 1.80 bits per heavy atom. The van der Waals surface area contributed by atoms with Crippen LogP contribution in [-0.2, 0) is 14.1 Å². The zero-order valence-electron chi connectivity index (χ0n) is 12.1. The van der Waals surface area contributed by atoms with Crippen LogP contribution >= 0.6 is 27.5 Å². The lowest BCUT2D eigenvalue weighted by molar-refractivity contribution is 0.654. The normalized spacial score (nSPS) is 13.1. The Morgan fingerprint density at radius 3 is 2.40 bits per heavy atom. The molecule has 0 N–H and O–H groups in total. The van der Waals surface area contributed by atoms with Crippen molar-refractivity contribution in [1.82, 2.24) is 9.13 Å². The summed E-state index contributed by atoms with van der Waals surface area (Å²) in [7, 11) is 3.58. The molecule has 2 rings (SSSR count). The molecule has 0 bridgehead atoms. The van der Waals surface area contributed by atoms with Gasteiger partial charge in [-0.2, -0.15) is 0 Å². The molecule has 20 heavy (non-hydrogen) atoms. The molecular weight excluding hydrogens is 340 g/mol. The van der Waals surface area contributed by atoms with E-state index in [2.05, 4.69) is 22.9 Å². The molecule has 0 amide bonds. The lowest BCUT2D eigenvalue weighted by Gasteiger charge is -2.12. The van der Waals surface area contributed by atoms with Gasteiger partial charge in [0.25, 0.3) is 0 Å². The van der Waals surface area contributed by atoms with Crippen molar-refractivity contribution in [3.8, 4) is 0 Å². The molecule has 1 aromatic heterocycles. The smallest absolute Gasteiger partial charge is 0.295 e. The maximum Gasteiger partial charge on any atom is 0.328 e. The number of unbranched alkanes of at least 4 members (excludes halogenated alkanes) is 2. The number of nitrogens with zero attached hydrogens (tertiary/aromatic N) is 2. The minimum atomic E-state index is -0.0179. The molecule has 0 aliphatic rings. The van der Waals surface area contributed by atoms with E-state index >= 15 is 0 Å². The number of alkyl halides is 1. The Bertz CT molecular complexity index is 675. The number of aromatic nitrogens is 2. The van der Waals surface area contributed by atoms with Crippen LogP contribution in [0.25, 0.3) is 11.0 Å². The highest BCUT2D eigenvalue weighted by atomic mass is 79.9. The molecule has 0 aliphatic heterocycles. The molecule has 110 valence electrons. The van der Waals surface area contributed by atoms with Gasteiger partial charge in [-0.05, 0) is 24.1 Å². The summed E-state index contributed by atoms with van der Waals surface area (Å²) in [6, 6.07) is 4.02. The monoisotopic (exact) mass is 358 g/mol. The molecule has 0 fully saturated rings. The molecule has 5 heteroatoms. The summed E-state index contributed by atoms with van der Waals surface area (Å²) >= 11 is 10.1. The molecular formula is C15H20BrClN2O. The van der Waals surface area contributed by atoms with Gasteiger partial charge in [0.15, 0.2) is 0 Å². The zero-order valence-corrected chi connectivity index (χ0v) is 14.5. The molecule has 0 saturated heterocycles. The van der Waals surface area contributed by atoms with Crippen LogP contribution in [0.3, 0.4) is 0 Å². The summed E-state index contributed by atoms with van der Waals surface area (Å²) in [5, 5.41) is -0.0179. The molecule has 1 atom stereocenters. The molecule has 1 aromatic carbocycles. The van der Waals surface area contributed by atoms with E-state index in [1.807, 2.05) is 12.1 Å². The summed E-state index contributed by atoms with van der Waals surface area (Å²) in [6.07, 6.45) is 4.48. The van der Waals surface area contributed by atoms with E-state index < -0.39 is 0 Å². The Morgan fingerprint density at radius 1 is 1.20 bits per heavy atom. The fraction of sp³-hybridized carbons (Fsp3) is 0.533. The van der Waals surface area contributed by atoms with E-state index in [4.69, 9.17) is 11.6 Å². The minimum absolute atomic E-state index is 0.0128. The van der Waals surface area contributed by atoms with Crippen LogP contribution in [0, 0.1) is 0 Å². The molecule has 3 nitrogen and oxygen atoms in total. The highest BCUT2D eigenvalue weighted by molar-refractivity contribution is 9.10. The first-order valence-corrected chi connectivity index (χ1v) is 8.19. The summed E-state index contributed by atoms with van der Waals surface area (Å²) in [5.41, 5.74) is 2.90. The molecule has 0 radical (unpaired) electrons. The lowest BCUT2D eigenvalue weighted by atomic mass is 10.0. The number of halogens is 2. The van der Waals surface area contributed by atoms with Crippen LogP contribution in [-0.4, -0.2) is 9.13 Å². The van der Waals surface area contributed by atoms with Gasteiger partial charge in [-0.25, -0.2) is 4.79 Å². The molecule has 0 aliphatic carbocycles.